The van der Waals surface area contributed by atoms with Crippen molar-refractivity contribution < 1.29 is 0 Å². The van der Waals surface area contributed by atoms with E-state index in [-0.39, 0.29) is 5.41 Å². The predicted octanol–water partition coefficient (Wildman–Crippen LogP) is 8.69. The summed E-state index contributed by atoms with van der Waals surface area (Å²) in [7, 11) is 0. The van der Waals surface area contributed by atoms with Gasteiger partial charge >= 0.3 is 0 Å². The van der Waals surface area contributed by atoms with Gasteiger partial charge in [0.05, 0.1) is 10.0 Å². The third-order valence-electron chi connectivity index (χ3n) is 4.48. The molecule has 0 aliphatic carbocycles. The Morgan fingerprint density at radius 3 is 2.30 bits per heavy atom. The smallest absolute Gasteiger partial charge is 0.0612 e. The lowest BCUT2D eigenvalue weighted by Crippen LogP contribution is -2.08. The molecule has 3 heteroatoms. The summed E-state index contributed by atoms with van der Waals surface area (Å²) in [6.45, 7) is 10.5. The van der Waals surface area contributed by atoms with E-state index in [4.69, 9.17) is 23.2 Å². The van der Waals surface area contributed by atoms with Gasteiger partial charge in [-0.3, -0.25) is 0 Å². The SMILES string of the molecule is C=C[C@@](C)(/C=C/c1ccc(Nc2ccc(Cl)c(Cl)c2)cc1)CCC=C(C)C. The minimum absolute atomic E-state index is 0.0110. The number of benzene rings is 2. The summed E-state index contributed by atoms with van der Waals surface area (Å²) in [5.41, 5.74) is 4.41. The quantitative estimate of drug-likeness (QED) is 0.437. The van der Waals surface area contributed by atoms with Crippen molar-refractivity contribution in [3.8, 4) is 0 Å². The molecule has 0 saturated carbocycles. The highest BCUT2D eigenvalue weighted by Crippen LogP contribution is 2.29. The van der Waals surface area contributed by atoms with Crippen molar-refractivity contribution in [2.75, 3.05) is 5.32 Å². The topological polar surface area (TPSA) is 12.0 Å². The van der Waals surface area contributed by atoms with Gasteiger partial charge < -0.3 is 5.32 Å². The van der Waals surface area contributed by atoms with Gasteiger partial charge in [-0.2, -0.15) is 0 Å². The van der Waals surface area contributed by atoms with E-state index in [1.165, 1.54) is 5.57 Å². The molecule has 0 unspecified atom stereocenters. The zero-order valence-corrected chi connectivity index (χ0v) is 17.7. The Bertz CT molecular complexity index is 830. The molecule has 1 nitrogen and oxygen atoms in total. The zero-order chi connectivity index (χ0) is 19.9. The summed E-state index contributed by atoms with van der Waals surface area (Å²) in [6.07, 6.45) is 10.8. The fourth-order valence-corrected chi connectivity index (χ4v) is 2.93. The second-order valence-corrected chi connectivity index (χ2v) is 8.05. The average Bonchev–Trinajstić information content (AvgIpc) is 2.64. The van der Waals surface area contributed by atoms with Crippen molar-refractivity contribution in [3.05, 3.63) is 88.5 Å². The molecule has 0 aliphatic rings. The van der Waals surface area contributed by atoms with E-state index >= 15 is 0 Å². The number of hydrogen-bond acceptors (Lipinski definition) is 1. The van der Waals surface area contributed by atoms with Crippen LogP contribution in [0.4, 0.5) is 11.4 Å². The molecule has 2 aromatic carbocycles. The van der Waals surface area contributed by atoms with Crippen LogP contribution in [0.1, 0.15) is 39.2 Å². The third kappa shape index (κ3) is 6.93. The summed E-state index contributed by atoms with van der Waals surface area (Å²) in [5.74, 6) is 0. The number of halogens is 2. The first-order valence-electron chi connectivity index (χ1n) is 9.10. The van der Waals surface area contributed by atoms with Crippen LogP contribution >= 0.6 is 23.2 Å². The average molecular weight is 400 g/mol. The van der Waals surface area contributed by atoms with Gasteiger partial charge in [-0.15, -0.1) is 6.58 Å². The highest BCUT2D eigenvalue weighted by molar-refractivity contribution is 6.42. The first kappa shape index (κ1) is 21.3. The largest absolute Gasteiger partial charge is 0.355 e. The van der Waals surface area contributed by atoms with Gasteiger partial charge in [-0.1, -0.05) is 72.1 Å². The van der Waals surface area contributed by atoms with Crippen LogP contribution in [-0.2, 0) is 0 Å². The molecular formula is C24H27Cl2N. The van der Waals surface area contributed by atoms with Gasteiger partial charge in [0.2, 0.25) is 0 Å². The van der Waals surface area contributed by atoms with Gasteiger partial charge in [0, 0.05) is 16.8 Å². The monoisotopic (exact) mass is 399 g/mol. The van der Waals surface area contributed by atoms with Crippen molar-refractivity contribution in [2.45, 2.75) is 33.6 Å². The van der Waals surface area contributed by atoms with Gasteiger partial charge in [-0.05, 0) is 62.6 Å². The molecule has 0 saturated heterocycles. The molecule has 0 radical (unpaired) electrons. The van der Waals surface area contributed by atoms with Crippen LogP contribution in [0, 0.1) is 5.41 Å². The van der Waals surface area contributed by atoms with Crippen LogP contribution in [0.3, 0.4) is 0 Å². The van der Waals surface area contributed by atoms with Gasteiger partial charge in [0.15, 0.2) is 0 Å². The molecule has 0 fully saturated rings. The maximum atomic E-state index is 6.06. The van der Waals surface area contributed by atoms with E-state index < -0.39 is 0 Å². The Morgan fingerprint density at radius 1 is 1.04 bits per heavy atom. The zero-order valence-electron chi connectivity index (χ0n) is 16.2. The molecule has 0 heterocycles. The first-order chi connectivity index (χ1) is 12.8. The molecule has 0 aliphatic heterocycles. The van der Waals surface area contributed by atoms with E-state index in [9.17, 15) is 0 Å². The van der Waals surface area contributed by atoms with Crippen LogP contribution in [0.5, 0.6) is 0 Å². The van der Waals surface area contributed by atoms with Crippen LogP contribution in [-0.4, -0.2) is 0 Å². The molecule has 0 bridgehead atoms. The molecular weight excluding hydrogens is 373 g/mol. The molecule has 2 rings (SSSR count). The number of rotatable bonds is 8. The summed E-state index contributed by atoms with van der Waals surface area (Å²) in [5, 5.41) is 4.42. The number of allylic oxidation sites excluding steroid dienone is 4. The Labute approximate surface area is 173 Å². The van der Waals surface area contributed by atoms with E-state index in [1.54, 1.807) is 6.07 Å². The minimum atomic E-state index is -0.0110. The molecule has 1 atom stereocenters. The standard InChI is InChI=1S/C24H27Cl2N/c1-5-24(4,15-6-7-18(2)3)16-14-19-8-10-20(11-9-19)27-21-12-13-22(25)23(26)17-21/h5,7-14,16-17,27H,1,6,15H2,2-4H3/b16-14+/t24-/m1/s1. The molecule has 0 aromatic heterocycles. The lowest BCUT2D eigenvalue weighted by molar-refractivity contribution is 0.508. The maximum Gasteiger partial charge on any atom is 0.0612 e. The van der Waals surface area contributed by atoms with Crippen molar-refractivity contribution in [1.82, 2.24) is 0 Å². The summed E-state index contributed by atoms with van der Waals surface area (Å²) >= 11 is 12.0. The lowest BCUT2D eigenvalue weighted by atomic mass is 9.84. The second kappa shape index (κ2) is 9.82. The van der Waals surface area contributed by atoms with Crippen molar-refractivity contribution in [3.63, 3.8) is 0 Å². The predicted molar refractivity (Wildman–Crippen MR) is 122 cm³/mol. The number of hydrogen-bond donors (Lipinski definition) is 1. The van der Waals surface area contributed by atoms with Crippen LogP contribution in [0.25, 0.3) is 6.08 Å². The maximum absolute atomic E-state index is 6.06. The Morgan fingerprint density at radius 2 is 1.70 bits per heavy atom. The number of nitrogens with one attached hydrogen (secondary N) is 1. The Balaban J connectivity index is 2.03. The minimum Gasteiger partial charge on any atom is -0.355 e. The van der Waals surface area contributed by atoms with Gasteiger partial charge in [0.25, 0.3) is 0 Å². The van der Waals surface area contributed by atoms with Crippen LogP contribution in [0.15, 0.2) is 72.8 Å². The summed E-state index contributed by atoms with van der Waals surface area (Å²) in [6, 6.07) is 13.8. The number of anilines is 2. The summed E-state index contributed by atoms with van der Waals surface area (Å²) < 4.78 is 0. The highest BCUT2D eigenvalue weighted by atomic mass is 35.5. The van der Waals surface area contributed by atoms with E-state index in [1.807, 2.05) is 18.2 Å². The Kier molecular flexibility index (Phi) is 7.77. The van der Waals surface area contributed by atoms with Crippen LogP contribution < -0.4 is 5.32 Å². The fraction of sp³-hybridized carbons (Fsp3) is 0.250. The second-order valence-electron chi connectivity index (χ2n) is 7.24. The molecule has 0 spiro atoms. The summed E-state index contributed by atoms with van der Waals surface area (Å²) in [4.78, 5) is 0. The normalized spacial score (nSPS) is 13.2. The van der Waals surface area contributed by atoms with Gasteiger partial charge in [-0.25, -0.2) is 0 Å². The third-order valence-corrected chi connectivity index (χ3v) is 5.22. The molecule has 0 amide bonds. The van der Waals surface area contributed by atoms with E-state index in [2.05, 4.69) is 75.2 Å². The molecule has 27 heavy (non-hydrogen) atoms. The van der Waals surface area contributed by atoms with Crippen LogP contribution in [0.2, 0.25) is 10.0 Å². The Hall–Kier alpha value is -1.96. The highest BCUT2D eigenvalue weighted by Gasteiger charge is 2.15. The molecule has 142 valence electrons. The fourth-order valence-electron chi connectivity index (χ4n) is 2.63. The van der Waals surface area contributed by atoms with Crippen molar-refractivity contribution in [2.24, 2.45) is 5.41 Å². The van der Waals surface area contributed by atoms with Crippen molar-refractivity contribution in [1.29, 1.82) is 0 Å². The molecule has 1 N–H and O–H groups in total. The van der Waals surface area contributed by atoms with Gasteiger partial charge in [0.1, 0.15) is 0 Å². The molecule has 2 aromatic rings. The van der Waals surface area contributed by atoms with E-state index in [0.717, 1.165) is 29.8 Å². The van der Waals surface area contributed by atoms with Crippen molar-refractivity contribution >= 4 is 40.7 Å². The first-order valence-corrected chi connectivity index (χ1v) is 9.85. The lowest BCUT2D eigenvalue weighted by Gasteiger charge is -2.20. The van der Waals surface area contributed by atoms with E-state index in [0.29, 0.717) is 10.0 Å².